The molecule has 1 aromatic rings. The van der Waals surface area contributed by atoms with E-state index in [9.17, 15) is 19.7 Å². The van der Waals surface area contributed by atoms with Crippen LogP contribution in [0.2, 0.25) is 0 Å². The van der Waals surface area contributed by atoms with E-state index in [1.807, 2.05) is 13.8 Å². The number of likely N-dealkylation sites (N-methyl/N-ethyl adjacent to an activating group) is 1. The van der Waals surface area contributed by atoms with E-state index in [1.54, 1.807) is 13.1 Å². The molecular formula is C15H19N3O4. The Morgan fingerprint density at radius 3 is 2.41 bits per heavy atom. The minimum absolute atomic E-state index is 0.0678. The van der Waals surface area contributed by atoms with Gasteiger partial charge in [-0.2, -0.15) is 0 Å². The molecule has 0 aliphatic carbocycles. The van der Waals surface area contributed by atoms with Crippen LogP contribution in [0.25, 0.3) is 0 Å². The molecule has 7 nitrogen and oxygen atoms in total. The van der Waals surface area contributed by atoms with E-state index in [4.69, 9.17) is 0 Å². The molecule has 0 saturated heterocycles. The van der Waals surface area contributed by atoms with Crippen molar-refractivity contribution in [2.75, 3.05) is 17.3 Å². The third-order valence-electron chi connectivity index (χ3n) is 4.42. The Hall–Kier alpha value is -2.44. The molecule has 1 N–H and O–H groups in total. The summed E-state index contributed by atoms with van der Waals surface area (Å²) in [4.78, 5) is 36.1. The normalized spacial score (nSPS) is 15.6. The predicted octanol–water partition coefficient (Wildman–Crippen LogP) is 2.59. The summed E-state index contributed by atoms with van der Waals surface area (Å²) in [6.45, 7) is 5.13. The van der Waals surface area contributed by atoms with Crippen LogP contribution in [0.1, 0.15) is 39.2 Å². The first-order valence-corrected chi connectivity index (χ1v) is 7.17. The van der Waals surface area contributed by atoms with Crippen LogP contribution in [0.5, 0.6) is 0 Å². The van der Waals surface area contributed by atoms with Crippen molar-refractivity contribution in [3.05, 3.63) is 27.8 Å². The molecule has 0 spiro atoms. The highest BCUT2D eigenvalue weighted by molar-refractivity contribution is 6.09. The summed E-state index contributed by atoms with van der Waals surface area (Å²) in [5, 5.41) is 13.7. The molecule has 0 bridgehead atoms. The van der Waals surface area contributed by atoms with Crippen LogP contribution in [-0.2, 0) is 15.0 Å². The number of nitrogens with one attached hydrogen (secondary N) is 1. The molecule has 1 aliphatic heterocycles. The number of amides is 2. The van der Waals surface area contributed by atoms with E-state index in [0.717, 1.165) is 5.56 Å². The molecular weight excluding hydrogens is 286 g/mol. The minimum atomic E-state index is -0.688. The van der Waals surface area contributed by atoms with Gasteiger partial charge in [-0.15, -0.1) is 0 Å². The van der Waals surface area contributed by atoms with Crippen LogP contribution in [0.3, 0.4) is 0 Å². The highest BCUT2D eigenvalue weighted by Gasteiger charge is 2.48. The van der Waals surface area contributed by atoms with Crippen molar-refractivity contribution in [2.24, 2.45) is 0 Å². The van der Waals surface area contributed by atoms with Crippen molar-refractivity contribution in [2.45, 2.75) is 39.0 Å². The lowest BCUT2D eigenvalue weighted by atomic mass is 9.76. The lowest BCUT2D eigenvalue weighted by Gasteiger charge is -2.25. The average Bonchev–Trinajstić information content (AvgIpc) is 2.66. The number of nitro benzene ring substituents is 1. The molecule has 0 atom stereocenters. The SMILES string of the molecule is CCC1(CC)C(=O)N(C)c2cc([N+](=O)[O-])c(NC(C)=O)cc21. The lowest BCUT2D eigenvalue weighted by molar-refractivity contribution is -0.383. The Labute approximate surface area is 128 Å². The van der Waals surface area contributed by atoms with Gasteiger partial charge < -0.3 is 10.2 Å². The maximum Gasteiger partial charge on any atom is 0.294 e. The zero-order valence-electron chi connectivity index (χ0n) is 13.1. The number of rotatable bonds is 4. The van der Waals surface area contributed by atoms with Gasteiger partial charge in [-0.3, -0.25) is 19.7 Å². The third kappa shape index (κ3) is 2.13. The van der Waals surface area contributed by atoms with Gasteiger partial charge in [0.15, 0.2) is 0 Å². The van der Waals surface area contributed by atoms with Crippen molar-refractivity contribution >= 4 is 28.9 Å². The van der Waals surface area contributed by atoms with Gasteiger partial charge in [-0.05, 0) is 24.5 Å². The number of hydrogen-bond acceptors (Lipinski definition) is 4. The quantitative estimate of drug-likeness (QED) is 0.683. The molecule has 0 aromatic heterocycles. The van der Waals surface area contributed by atoms with Gasteiger partial charge in [-0.25, -0.2) is 0 Å². The van der Waals surface area contributed by atoms with Gasteiger partial charge >= 0.3 is 0 Å². The number of benzene rings is 1. The smallest absolute Gasteiger partial charge is 0.294 e. The summed E-state index contributed by atoms with van der Waals surface area (Å²) >= 11 is 0. The second-order valence-electron chi connectivity index (χ2n) is 5.48. The highest BCUT2D eigenvalue weighted by Crippen LogP contribution is 2.48. The number of carbonyl (C=O) groups excluding carboxylic acids is 2. The summed E-state index contributed by atoms with van der Waals surface area (Å²) < 4.78 is 0. The molecule has 2 amide bonds. The van der Waals surface area contributed by atoms with E-state index < -0.39 is 10.3 Å². The summed E-state index contributed by atoms with van der Waals surface area (Å²) in [7, 11) is 1.62. The largest absolute Gasteiger partial charge is 0.321 e. The van der Waals surface area contributed by atoms with E-state index in [0.29, 0.717) is 18.5 Å². The van der Waals surface area contributed by atoms with E-state index in [-0.39, 0.29) is 23.2 Å². The second kappa shape index (κ2) is 5.40. The maximum absolute atomic E-state index is 12.6. The summed E-state index contributed by atoms with van der Waals surface area (Å²) in [5.74, 6) is -0.457. The molecule has 1 heterocycles. The van der Waals surface area contributed by atoms with Crippen molar-refractivity contribution in [3.8, 4) is 0 Å². The van der Waals surface area contributed by atoms with Crippen LogP contribution in [0, 0.1) is 10.1 Å². The van der Waals surface area contributed by atoms with Gasteiger partial charge in [0.1, 0.15) is 5.69 Å². The van der Waals surface area contributed by atoms with E-state index in [1.165, 1.54) is 17.9 Å². The van der Waals surface area contributed by atoms with Crippen LogP contribution >= 0.6 is 0 Å². The number of nitro groups is 1. The van der Waals surface area contributed by atoms with Gasteiger partial charge in [0.05, 0.1) is 16.0 Å². The topological polar surface area (TPSA) is 92.6 Å². The Balaban J connectivity index is 2.74. The molecule has 22 heavy (non-hydrogen) atoms. The van der Waals surface area contributed by atoms with Gasteiger partial charge in [0.25, 0.3) is 5.69 Å². The standard InChI is InChI=1S/C15H19N3O4/c1-5-15(6-2)10-7-11(16-9(3)19)13(18(21)22)8-12(10)17(4)14(15)20/h7-8H,5-6H2,1-4H3,(H,16,19). The fourth-order valence-electron chi connectivity index (χ4n) is 3.16. The Bertz CT molecular complexity index is 665. The maximum atomic E-state index is 12.6. The third-order valence-corrected chi connectivity index (χ3v) is 4.42. The van der Waals surface area contributed by atoms with Crippen LogP contribution in [0.4, 0.5) is 17.1 Å². The first kappa shape index (κ1) is 15.9. The van der Waals surface area contributed by atoms with Crippen molar-refractivity contribution < 1.29 is 14.5 Å². The Morgan fingerprint density at radius 1 is 1.36 bits per heavy atom. The first-order valence-electron chi connectivity index (χ1n) is 7.17. The summed E-state index contributed by atoms with van der Waals surface area (Å²) in [5.41, 5.74) is 0.503. The minimum Gasteiger partial charge on any atom is -0.321 e. The van der Waals surface area contributed by atoms with Gasteiger partial charge in [-0.1, -0.05) is 13.8 Å². The number of anilines is 2. The fourth-order valence-corrected chi connectivity index (χ4v) is 3.16. The van der Waals surface area contributed by atoms with Gasteiger partial charge in [0.2, 0.25) is 11.8 Å². The number of nitrogens with zero attached hydrogens (tertiary/aromatic N) is 2. The molecule has 1 aliphatic rings. The molecule has 7 heteroatoms. The number of fused-ring (bicyclic) bond motifs is 1. The van der Waals surface area contributed by atoms with Crippen LogP contribution in [0.15, 0.2) is 12.1 Å². The van der Waals surface area contributed by atoms with Crippen LogP contribution in [-0.4, -0.2) is 23.8 Å². The molecule has 0 radical (unpaired) electrons. The van der Waals surface area contributed by atoms with Crippen LogP contribution < -0.4 is 10.2 Å². The summed E-state index contributed by atoms with van der Waals surface area (Å²) in [6.07, 6.45) is 1.19. The zero-order valence-corrected chi connectivity index (χ0v) is 13.1. The molecule has 0 unspecified atom stereocenters. The van der Waals surface area contributed by atoms with E-state index >= 15 is 0 Å². The monoisotopic (exact) mass is 305 g/mol. The number of carbonyl (C=O) groups is 2. The fraction of sp³-hybridized carbons (Fsp3) is 0.467. The summed E-state index contributed by atoms with van der Waals surface area (Å²) in [6, 6.07) is 2.94. The first-order chi connectivity index (χ1) is 10.3. The van der Waals surface area contributed by atoms with Gasteiger partial charge in [0, 0.05) is 20.0 Å². The van der Waals surface area contributed by atoms with Crippen molar-refractivity contribution in [1.29, 1.82) is 0 Å². The lowest BCUT2D eigenvalue weighted by Crippen LogP contribution is -2.37. The van der Waals surface area contributed by atoms with Crippen molar-refractivity contribution in [1.82, 2.24) is 0 Å². The molecule has 0 saturated carbocycles. The zero-order chi connectivity index (χ0) is 16.7. The average molecular weight is 305 g/mol. The van der Waals surface area contributed by atoms with E-state index in [2.05, 4.69) is 5.32 Å². The van der Waals surface area contributed by atoms with Crippen molar-refractivity contribution in [3.63, 3.8) is 0 Å². The predicted molar refractivity (Wildman–Crippen MR) is 83.1 cm³/mol. The second-order valence-corrected chi connectivity index (χ2v) is 5.48. The Kier molecular flexibility index (Phi) is 3.91. The molecule has 0 fully saturated rings. The molecule has 118 valence electrons. The highest BCUT2D eigenvalue weighted by atomic mass is 16.6. The molecule has 1 aromatic carbocycles. The Morgan fingerprint density at radius 2 is 1.95 bits per heavy atom. The molecule has 2 rings (SSSR count). The number of hydrogen-bond donors (Lipinski definition) is 1.